The highest BCUT2D eigenvalue weighted by molar-refractivity contribution is 7.10. The largest absolute Gasteiger partial charge is 0.339 e. The standard InChI is InChI=1S/C21H20ClFN2OS/c1-25(13-15-4-8-17(22)9-5-15)14-20(26)24-21(19-3-2-12-27-19)16-6-10-18(23)11-7-16/h2-12,21H,13-14H2,1H3,(H,24,26)/p+1/t21-/m0/s1. The van der Waals surface area contributed by atoms with E-state index >= 15 is 0 Å². The van der Waals surface area contributed by atoms with Crippen molar-refractivity contribution in [1.82, 2.24) is 5.32 Å². The molecule has 0 aliphatic carbocycles. The van der Waals surface area contributed by atoms with Crippen LogP contribution < -0.4 is 10.2 Å². The molecule has 2 atom stereocenters. The van der Waals surface area contributed by atoms with Crippen molar-refractivity contribution in [3.63, 3.8) is 0 Å². The molecule has 6 heteroatoms. The van der Waals surface area contributed by atoms with Crippen molar-refractivity contribution in [3.8, 4) is 0 Å². The molecule has 1 aromatic heterocycles. The highest BCUT2D eigenvalue weighted by Gasteiger charge is 2.20. The van der Waals surface area contributed by atoms with Gasteiger partial charge in [0.25, 0.3) is 5.91 Å². The summed E-state index contributed by atoms with van der Waals surface area (Å²) in [7, 11) is 1.98. The third-order valence-corrected chi connectivity index (χ3v) is 5.41. The van der Waals surface area contributed by atoms with Crippen molar-refractivity contribution in [2.75, 3.05) is 13.6 Å². The predicted molar refractivity (Wildman–Crippen MR) is 108 cm³/mol. The van der Waals surface area contributed by atoms with Gasteiger partial charge in [0, 0.05) is 15.5 Å². The number of thiophene rings is 1. The third-order valence-electron chi connectivity index (χ3n) is 4.22. The lowest BCUT2D eigenvalue weighted by molar-refractivity contribution is -0.885. The van der Waals surface area contributed by atoms with Crippen LogP contribution in [0.2, 0.25) is 5.02 Å². The van der Waals surface area contributed by atoms with E-state index in [4.69, 9.17) is 11.6 Å². The fourth-order valence-electron chi connectivity index (χ4n) is 2.93. The van der Waals surface area contributed by atoms with Gasteiger partial charge in [0.1, 0.15) is 12.4 Å². The van der Waals surface area contributed by atoms with Gasteiger partial charge in [-0.05, 0) is 41.3 Å². The molecular weight excluding hydrogens is 383 g/mol. The summed E-state index contributed by atoms with van der Waals surface area (Å²) in [6, 6.07) is 17.5. The lowest BCUT2D eigenvalue weighted by Crippen LogP contribution is -3.08. The Bertz CT molecular complexity index is 866. The third kappa shape index (κ3) is 5.63. The van der Waals surface area contributed by atoms with Gasteiger partial charge in [-0.25, -0.2) is 4.39 Å². The number of rotatable bonds is 7. The number of carbonyl (C=O) groups is 1. The van der Waals surface area contributed by atoms with Gasteiger partial charge in [-0.15, -0.1) is 11.3 Å². The Labute approximate surface area is 167 Å². The van der Waals surface area contributed by atoms with Crippen LogP contribution in [-0.2, 0) is 11.3 Å². The van der Waals surface area contributed by atoms with E-state index < -0.39 is 0 Å². The van der Waals surface area contributed by atoms with Crippen molar-refractivity contribution >= 4 is 28.8 Å². The van der Waals surface area contributed by atoms with E-state index in [-0.39, 0.29) is 17.8 Å². The summed E-state index contributed by atoms with van der Waals surface area (Å²) in [5.74, 6) is -0.341. The molecule has 0 bridgehead atoms. The molecule has 3 nitrogen and oxygen atoms in total. The van der Waals surface area contributed by atoms with Gasteiger partial charge >= 0.3 is 0 Å². The number of hydrogen-bond donors (Lipinski definition) is 2. The van der Waals surface area contributed by atoms with Gasteiger partial charge in [-0.2, -0.15) is 0 Å². The summed E-state index contributed by atoms with van der Waals surface area (Å²) in [4.78, 5) is 14.7. The summed E-state index contributed by atoms with van der Waals surface area (Å²) in [6.45, 7) is 1.07. The summed E-state index contributed by atoms with van der Waals surface area (Å²) >= 11 is 7.48. The van der Waals surface area contributed by atoms with Crippen LogP contribution in [0.1, 0.15) is 22.0 Å². The van der Waals surface area contributed by atoms with Crippen LogP contribution in [-0.4, -0.2) is 19.5 Å². The van der Waals surface area contributed by atoms with Crippen molar-refractivity contribution in [1.29, 1.82) is 0 Å². The lowest BCUT2D eigenvalue weighted by atomic mass is 10.1. The number of amides is 1. The first kappa shape index (κ1) is 19.5. The highest BCUT2D eigenvalue weighted by atomic mass is 35.5. The first-order chi connectivity index (χ1) is 13.0. The Morgan fingerprint density at radius 2 is 1.85 bits per heavy atom. The van der Waals surface area contributed by atoms with Crippen LogP contribution in [0, 0.1) is 5.82 Å². The van der Waals surface area contributed by atoms with E-state index in [2.05, 4.69) is 5.32 Å². The van der Waals surface area contributed by atoms with Crippen LogP contribution >= 0.6 is 22.9 Å². The Hall–Kier alpha value is -2.21. The number of likely N-dealkylation sites (N-methyl/N-ethyl adjacent to an activating group) is 1. The van der Waals surface area contributed by atoms with Gasteiger partial charge < -0.3 is 10.2 Å². The monoisotopic (exact) mass is 403 g/mol. The van der Waals surface area contributed by atoms with Gasteiger partial charge in [-0.3, -0.25) is 4.79 Å². The van der Waals surface area contributed by atoms with Crippen LogP contribution in [0.4, 0.5) is 4.39 Å². The SMILES string of the molecule is C[NH+](CC(=O)N[C@@H](c1ccc(F)cc1)c1cccs1)Cc1ccc(Cl)cc1. The quantitative estimate of drug-likeness (QED) is 0.622. The molecule has 0 saturated heterocycles. The van der Waals surface area contributed by atoms with Crippen LogP contribution in [0.15, 0.2) is 66.0 Å². The van der Waals surface area contributed by atoms with Gasteiger partial charge in [0.05, 0.1) is 13.1 Å². The van der Waals surface area contributed by atoms with Gasteiger partial charge in [0.2, 0.25) is 0 Å². The van der Waals surface area contributed by atoms with E-state index in [1.54, 1.807) is 23.5 Å². The smallest absolute Gasteiger partial charge is 0.275 e. The zero-order valence-corrected chi connectivity index (χ0v) is 16.5. The molecule has 0 saturated carbocycles. The molecule has 1 amide bonds. The number of benzene rings is 2. The molecule has 0 aliphatic rings. The van der Waals surface area contributed by atoms with Crippen molar-refractivity contribution in [2.45, 2.75) is 12.6 Å². The second-order valence-electron chi connectivity index (χ2n) is 6.50. The molecule has 0 spiro atoms. The zero-order valence-electron chi connectivity index (χ0n) is 14.9. The summed E-state index contributed by atoms with van der Waals surface area (Å²) in [6.07, 6.45) is 0. The number of quaternary nitrogens is 1. The van der Waals surface area contributed by atoms with Crippen LogP contribution in [0.3, 0.4) is 0 Å². The molecule has 1 unspecified atom stereocenters. The van der Waals surface area contributed by atoms with E-state index in [0.717, 1.165) is 27.4 Å². The van der Waals surface area contributed by atoms with E-state index in [1.165, 1.54) is 12.1 Å². The maximum absolute atomic E-state index is 13.3. The molecule has 3 rings (SSSR count). The predicted octanol–water partition coefficient (Wildman–Crippen LogP) is 3.46. The minimum atomic E-state index is -0.290. The Morgan fingerprint density at radius 3 is 2.48 bits per heavy atom. The van der Waals surface area contributed by atoms with E-state index in [1.807, 2.05) is 48.8 Å². The molecular formula is C21H21ClFN2OS+. The molecule has 3 aromatic rings. The number of hydrogen-bond acceptors (Lipinski definition) is 2. The fraction of sp³-hybridized carbons (Fsp3) is 0.190. The summed E-state index contributed by atoms with van der Waals surface area (Å²) in [5.41, 5.74) is 1.99. The van der Waals surface area contributed by atoms with Gasteiger partial charge in [0.15, 0.2) is 6.54 Å². The highest BCUT2D eigenvalue weighted by Crippen LogP contribution is 2.26. The molecule has 1 heterocycles. The molecule has 0 fully saturated rings. The van der Waals surface area contributed by atoms with E-state index in [9.17, 15) is 9.18 Å². The molecule has 2 aromatic carbocycles. The molecule has 27 heavy (non-hydrogen) atoms. The fourth-order valence-corrected chi connectivity index (χ4v) is 3.86. The summed E-state index contributed by atoms with van der Waals surface area (Å²) in [5, 5.41) is 5.76. The Balaban J connectivity index is 1.65. The Morgan fingerprint density at radius 1 is 1.15 bits per heavy atom. The van der Waals surface area contributed by atoms with Gasteiger partial charge in [-0.1, -0.05) is 41.9 Å². The summed E-state index contributed by atoms with van der Waals surface area (Å²) < 4.78 is 13.3. The maximum atomic E-state index is 13.3. The normalized spacial score (nSPS) is 13.1. The van der Waals surface area contributed by atoms with Crippen LogP contribution in [0.25, 0.3) is 0 Å². The van der Waals surface area contributed by atoms with Crippen LogP contribution in [0.5, 0.6) is 0 Å². The zero-order chi connectivity index (χ0) is 19.2. The van der Waals surface area contributed by atoms with Crippen molar-refractivity contribution < 1.29 is 14.1 Å². The second-order valence-corrected chi connectivity index (χ2v) is 7.92. The first-order valence-electron chi connectivity index (χ1n) is 8.65. The average Bonchev–Trinajstić information content (AvgIpc) is 3.17. The average molecular weight is 404 g/mol. The molecule has 140 valence electrons. The lowest BCUT2D eigenvalue weighted by Gasteiger charge is -2.20. The number of nitrogens with one attached hydrogen (secondary N) is 2. The molecule has 0 aliphatic heterocycles. The number of carbonyl (C=O) groups excluding carboxylic acids is 1. The molecule has 0 radical (unpaired) electrons. The maximum Gasteiger partial charge on any atom is 0.275 e. The number of halogens is 2. The minimum absolute atomic E-state index is 0.0517. The topological polar surface area (TPSA) is 33.5 Å². The first-order valence-corrected chi connectivity index (χ1v) is 9.91. The van der Waals surface area contributed by atoms with Crippen molar-refractivity contribution in [3.05, 3.63) is 92.9 Å². The molecule has 2 N–H and O–H groups in total. The van der Waals surface area contributed by atoms with Crippen molar-refractivity contribution in [2.24, 2.45) is 0 Å². The van der Waals surface area contributed by atoms with E-state index in [0.29, 0.717) is 11.6 Å². The second kappa shape index (κ2) is 9.13. The Kier molecular flexibility index (Phi) is 6.61. The minimum Gasteiger partial charge on any atom is -0.339 e.